The molecule has 1 heterocycles. The molecule has 2 aliphatic rings. The Labute approximate surface area is 103 Å². The van der Waals surface area contributed by atoms with Crippen molar-refractivity contribution in [2.24, 2.45) is 5.92 Å². The minimum atomic E-state index is 0.151. The molecule has 2 fully saturated rings. The highest BCUT2D eigenvalue weighted by Gasteiger charge is 2.21. The van der Waals surface area contributed by atoms with Crippen LogP contribution in [0.5, 0.6) is 0 Å². The Hall–Kier alpha value is -0.610. The first-order valence-electron chi connectivity index (χ1n) is 6.96. The van der Waals surface area contributed by atoms with Gasteiger partial charge in [0, 0.05) is 25.6 Å². The van der Waals surface area contributed by atoms with Crippen molar-refractivity contribution < 1.29 is 9.53 Å². The number of amides is 1. The zero-order valence-electron chi connectivity index (χ0n) is 10.5. The smallest absolute Gasteiger partial charge is 0.223 e. The molecule has 1 aliphatic carbocycles. The second-order valence-electron chi connectivity index (χ2n) is 5.13. The molecule has 4 nitrogen and oxygen atoms in total. The van der Waals surface area contributed by atoms with Crippen molar-refractivity contribution in [1.29, 1.82) is 0 Å². The van der Waals surface area contributed by atoms with Crippen LogP contribution in [-0.4, -0.2) is 38.3 Å². The predicted molar refractivity (Wildman–Crippen MR) is 66.8 cm³/mol. The van der Waals surface area contributed by atoms with E-state index in [2.05, 4.69) is 10.6 Å². The third-order valence-corrected chi connectivity index (χ3v) is 3.73. The highest BCUT2D eigenvalue weighted by atomic mass is 16.5. The molecule has 0 aromatic rings. The fourth-order valence-corrected chi connectivity index (χ4v) is 2.65. The summed E-state index contributed by atoms with van der Waals surface area (Å²) >= 11 is 0. The number of hydrogen-bond acceptors (Lipinski definition) is 3. The van der Waals surface area contributed by atoms with Gasteiger partial charge in [-0.15, -0.1) is 0 Å². The highest BCUT2D eigenvalue weighted by molar-refractivity contribution is 5.78. The molecule has 1 atom stereocenters. The summed E-state index contributed by atoms with van der Waals surface area (Å²) in [5.41, 5.74) is 0. The van der Waals surface area contributed by atoms with Crippen LogP contribution in [0.3, 0.4) is 0 Å². The Morgan fingerprint density at radius 3 is 2.65 bits per heavy atom. The van der Waals surface area contributed by atoms with Crippen LogP contribution in [0.2, 0.25) is 0 Å². The zero-order chi connectivity index (χ0) is 11.9. The van der Waals surface area contributed by atoms with Crippen LogP contribution in [0.4, 0.5) is 0 Å². The van der Waals surface area contributed by atoms with Crippen molar-refractivity contribution in [3.05, 3.63) is 0 Å². The number of carbonyl (C=O) groups excluding carboxylic acids is 1. The van der Waals surface area contributed by atoms with E-state index < -0.39 is 0 Å². The maximum absolute atomic E-state index is 12.0. The van der Waals surface area contributed by atoms with Gasteiger partial charge in [0.2, 0.25) is 5.91 Å². The second kappa shape index (κ2) is 6.97. The number of ether oxygens (including phenoxy) is 1. The second-order valence-corrected chi connectivity index (χ2v) is 5.13. The monoisotopic (exact) mass is 240 g/mol. The molecule has 98 valence electrons. The van der Waals surface area contributed by atoms with Gasteiger partial charge < -0.3 is 15.4 Å². The number of morpholine rings is 1. The van der Waals surface area contributed by atoms with Crippen molar-refractivity contribution in [2.45, 2.75) is 44.6 Å². The van der Waals surface area contributed by atoms with Gasteiger partial charge in [-0.05, 0) is 12.8 Å². The molecule has 2 N–H and O–H groups in total. The Bertz CT molecular complexity index is 232. The van der Waals surface area contributed by atoms with Gasteiger partial charge >= 0.3 is 0 Å². The van der Waals surface area contributed by atoms with Crippen molar-refractivity contribution in [3.8, 4) is 0 Å². The topological polar surface area (TPSA) is 50.4 Å². The quantitative estimate of drug-likeness (QED) is 0.725. The normalized spacial score (nSPS) is 27.4. The van der Waals surface area contributed by atoms with Gasteiger partial charge in [0.15, 0.2) is 0 Å². The molecular formula is C13H24N2O2. The van der Waals surface area contributed by atoms with Gasteiger partial charge in [-0.1, -0.05) is 25.7 Å². The van der Waals surface area contributed by atoms with Gasteiger partial charge in [0.05, 0.1) is 12.7 Å². The molecule has 2 rings (SSSR count). The Morgan fingerprint density at radius 2 is 2.00 bits per heavy atom. The van der Waals surface area contributed by atoms with E-state index in [1.165, 1.54) is 25.7 Å². The molecule has 0 aromatic carbocycles. The van der Waals surface area contributed by atoms with E-state index in [4.69, 9.17) is 4.74 Å². The average molecular weight is 240 g/mol. The summed E-state index contributed by atoms with van der Waals surface area (Å²) < 4.78 is 5.56. The van der Waals surface area contributed by atoms with E-state index in [0.29, 0.717) is 6.54 Å². The standard InChI is InChI=1S/C13H24N2O2/c16-13(11-5-3-1-2-4-6-11)15-10-12-9-14-7-8-17-12/h11-12,14H,1-10H2,(H,15,16). The summed E-state index contributed by atoms with van der Waals surface area (Å²) in [6.07, 6.45) is 7.28. The van der Waals surface area contributed by atoms with Crippen LogP contribution in [0.1, 0.15) is 38.5 Å². The van der Waals surface area contributed by atoms with E-state index in [9.17, 15) is 4.79 Å². The lowest BCUT2D eigenvalue weighted by atomic mass is 9.99. The van der Waals surface area contributed by atoms with Crippen LogP contribution in [0, 0.1) is 5.92 Å². The molecule has 0 aromatic heterocycles. The first kappa shape index (κ1) is 12.8. The molecular weight excluding hydrogens is 216 g/mol. The lowest BCUT2D eigenvalue weighted by Crippen LogP contribution is -2.46. The van der Waals surface area contributed by atoms with Crippen molar-refractivity contribution in [2.75, 3.05) is 26.2 Å². The van der Waals surface area contributed by atoms with E-state index in [1.807, 2.05) is 0 Å². The maximum Gasteiger partial charge on any atom is 0.223 e. The molecule has 0 bridgehead atoms. The predicted octanol–water partition coefficient (Wildman–Crippen LogP) is 1.06. The Morgan fingerprint density at radius 1 is 1.24 bits per heavy atom. The lowest BCUT2D eigenvalue weighted by Gasteiger charge is -2.24. The van der Waals surface area contributed by atoms with Crippen molar-refractivity contribution >= 4 is 5.91 Å². The van der Waals surface area contributed by atoms with Crippen LogP contribution in [-0.2, 0) is 9.53 Å². The average Bonchev–Trinajstić information content (AvgIpc) is 2.66. The van der Waals surface area contributed by atoms with Gasteiger partial charge in [-0.3, -0.25) is 4.79 Å². The number of carbonyl (C=O) groups is 1. The van der Waals surface area contributed by atoms with Gasteiger partial charge in [-0.25, -0.2) is 0 Å². The van der Waals surface area contributed by atoms with Crippen molar-refractivity contribution in [3.63, 3.8) is 0 Å². The largest absolute Gasteiger partial charge is 0.374 e. The minimum absolute atomic E-state index is 0.151. The number of rotatable bonds is 3. The van der Waals surface area contributed by atoms with Gasteiger partial charge in [-0.2, -0.15) is 0 Å². The van der Waals surface area contributed by atoms with Gasteiger partial charge in [0.1, 0.15) is 0 Å². The molecule has 0 spiro atoms. The minimum Gasteiger partial charge on any atom is -0.374 e. The molecule has 4 heteroatoms. The summed E-state index contributed by atoms with van der Waals surface area (Å²) in [5, 5.41) is 6.32. The maximum atomic E-state index is 12.0. The molecule has 1 aliphatic heterocycles. The molecule has 1 saturated heterocycles. The molecule has 1 amide bonds. The van der Waals surface area contributed by atoms with E-state index in [1.54, 1.807) is 0 Å². The summed E-state index contributed by atoms with van der Waals surface area (Å²) in [4.78, 5) is 12.0. The number of hydrogen-bond donors (Lipinski definition) is 2. The Kier molecular flexibility index (Phi) is 5.26. The third-order valence-electron chi connectivity index (χ3n) is 3.73. The molecule has 17 heavy (non-hydrogen) atoms. The van der Waals surface area contributed by atoms with Crippen LogP contribution < -0.4 is 10.6 Å². The number of nitrogens with one attached hydrogen (secondary N) is 2. The SMILES string of the molecule is O=C(NCC1CNCCO1)C1CCCCCC1. The third kappa shape index (κ3) is 4.28. The lowest BCUT2D eigenvalue weighted by molar-refractivity contribution is -0.126. The van der Waals surface area contributed by atoms with E-state index in [-0.39, 0.29) is 17.9 Å². The van der Waals surface area contributed by atoms with E-state index in [0.717, 1.165) is 32.5 Å². The first-order valence-corrected chi connectivity index (χ1v) is 6.96. The van der Waals surface area contributed by atoms with Crippen molar-refractivity contribution in [1.82, 2.24) is 10.6 Å². The van der Waals surface area contributed by atoms with Crippen LogP contribution >= 0.6 is 0 Å². The fraction of sp³-hybridized carbons (Fsp3) is 0.923. The molecule has 1 unspecified atom stereocenters. The summed E-state index contributed by atoms with van der Waals surface area (Å²) in [5.74, 6) is 0.482. The highest BCUT2D eigenvalue weighted by Crippen LogP contribution is 2.22. The first-order chi connectivity index (χ1) is 8.36. The summed E-state index contributed by atoms with van der Waals surface area (Å²) in [6.45, 7) is 3.18. The summed E-state index contributed by atoms with van der Waals surface area (Å²) in [6, 6.07) is 0. The van der Waals surface area contributed by atoms with Crippen LogP contribution in [0.15, 0.2) is 0 Å². The summed E-state index contributed by atoms with van der Waals surface area (Å²) in [7, 11) is 0. The van der Waals surface area contributed by atoms with Gasteiger partial charge in [0.25, 0.3) is 0 Å². The zero-order valence-corrected chi connectivity index (χ0v) is 10.5. The molecule has 0 radical (unpaired) electrons. The fourth-order valence-electron chi connectivity index (χ4n) is 2.65. The Balaban J connectivity index is 1.68. The van der Waals surface area contributed by atoms with Crippen LogP contribution in [0.25, 0.3) is 0 Å². The molecule has 1 saturated carbocycles. The van der Waals surface area contributed by atoms with E-state index >= 15 is 0 Å².